The van der Waals surface area contributed by atoms with Gasteiger partial charge in [-0.3, -0.25) is 14.5 Å². The number of hydrogen-bond donors (Lipinski definition) is 2. The molecule has 2 amide bonds. The van der Waals surface area contributed by atoms with E-state index in [9.17, 15) is 9.59 Å². The molecule has 2 aromatic rings. The topological polar surface area (TPSA) is 96.0 Å². The molecule has 9 nitrogen and oxygen atoms in total. The second-order valence-corrected chi connectivity index (χ2v) is 10.2. The molecule has 3 aliphatic rings. The van der Waals surface area contributed by atoms with Crippen molar-refractivity contribution in [2.45, 2.75) is 50.7 Å². The Morgan fingerprint density at radius 1 is 1.08 bits per heavy atom. The third-order valence-electron chi connectivity index (χ3n) is 7.91. The van der Waals surface area contributed by atoms with Crippen LogP contribution in [0, 0.1) is 6.92 Å². The average Bonchev–Trinajstić information content (AvgIpc) is 3.19. The van der Waals surface area contributed by atoms with Crippen LogP contribution in [0.4, 0.5) is 5.82 Å². The lowest BCUT2D eigenvalue weighted by atomic mass is 9.96. The van der Waals surface area contributed by atoms with Gasteiger partial charge in [-0.25, -0.2) is 4.98 Å². The number of ether oxygens (including phenoxy) is 2. The molecular weight excluding hydrogens is 470 g/mol. The van der Waals surface area contributed by atoms with Gasteiger partial charge < -0.3 is 25.0 Å². The first-order valence-electron chi connectivity index (χ1n) is 13.3. The fourth-order valence-electron chi connectivity index (χ4n) is 5.94. The molecule has 0 radical (unpaired) electrons. The lowest BCUT2D eigenvalue weighted by Gasteiger charge is -2.40. The molecule has 9 heteroatoms. The number of carbonyl (C=O) groups excluding carboxylic acids is 2. The number of morpholine rings is 1. The third-order valence-corrected chi connectivity index (χ3v) is 7.91. The largest absolute Gasteiger partial charge is 0.496 e. The fourth-order valence-corrected chi connectivity index (χ4v) is 5.94. The van der Waals surface area contributed by atoms with Crippen molar-refractivity contribution in [2.24, 2.45) is 0 Å². The van der Waals surface area contributed by atoms with Crippen LogP contribution in [-0.2, 0) is 4.74 Å². The quantitative estimate of drug-likeness (QED) is 0.567. The minimum absolute atomic E-state index is 0.0450. The predicted molar refractivity (Wildman–Crippen MR) is 141 cm³/mol. The number of amides is 2. The zero-order valence-electron chi connectivity index (χ0n) is 21.7. The first kappa shape index (κ1) is 25.5. The summed E-state index contributed by atoms with van der Waals surface area (Å²) in [7, 11) is 1.62. The molecule has 37 heavy (non-hydrogen) atoms. The van der Waals surface area contributed by atoms with E-state index in [1.54, 1.807) is 13.3 Å². The van der Waals surface area contributed by atoms with E-state index >= 15 is 0 Å². The van der Waals surface area contributed by atoms with E-state index in [0.717, 1.165) is 75.7 Å². The highest BCUT2D eigenvalue weighted by Gasteiger charge is 2.42. The van der Waals surface area contributed by atoms with E-state index in [0.29, 0.717) is 29.8 Å². The molecule has 5 rings (SSSR count). The maximum atomic E-state index is 13.0. The molecule has 1 aromatic heterocycles. The molecule has 2 unspecified atom stereocenters. The van der Waals surface area contributed by atoms with E-state index < -0.39 is 0 Å². The number of fused-ring (bicyclic) bond motifs is 2. The van der Waals surface area contributed by atoms with Gasteiger partial charge in [0, 0.05) is 61.6 Å². The molecule has 3 fully saturated rings. The maximum Gasteiger partial charge on any atom is 0.252 e. The summed E-state index contributed by atoms with van der Waals surface area (Å²) in [6, 6.07) is 10.2. The molecular formula is C28H37N5O4. The van der Waals surface area contributed by atoms with Gasteiger partial charge in [0.1, 0.15) is 11.6 Å². The summed E-state index contributed by atoms with van der Waals surface area (Å²) in [5.74, 6) is 1.49. The minimum atomic E-state index is -0.0930. The van der Waals surface area contributed by atoms with Crippen molar-refractivity contribution in [3.8, 4) is 5.75 Å². The van der Waals surface area contributed by atoms with Gasteiger partial charge in [-0.2, -0.15) is 0 Å². The Morgan fingerprint density at radius 2 is 1.84 bits per heavy atom. The van der Waals surface area contributed by atoms with E-state index in [1.807, 2.05) is 37.3 Å². The SMILES string of the molecule is COc1cccc(C(=O)NC2CC3CCC(C2)N3c2ccc(C(=O)NCCN3CCOCC3)cn2)c1C. The van der Waals surface area contributed by atoms with Crippen molar-refractivity contribution >= 4 is 17.6 Å². The van der Waals surface area contributed by atoms with Gasteiger partial charge in [0.25, 0.3) is 11.8 Å². The summed E-state index contributed by atoms with van der Waals surface area (Å²) in [6.07, 6.45) is 5.62. The third kappa shape index (κ3) is 5.72. The van der Waals surface area contributed by atoms with Crippen LogP contribution < -0.4 is 20.3 Å². The molecule has 0 aliphatic carbocycles. The van der Waals surface area contributed by atoms with Crippen LogP contribution in [0.15, 0.2) is 36.5 Å². The summed E-state index contributed by atoms with van der Waals surface area (Å²) >= 11 is 0. The number of aromatic nitrogens is 1. The number of carbonyl (C=O) groups is 2. The van der Waals surface area contributed by atoms with Crippen LogP contribution in [0.2, 0.25) is 0 Å². The molecule has 3 saturated heterocycles. The number of anilines is 1. The highest BCUT2D eigenvalue weighted by Crippen LogP contribution is 2.38. The second kappa shape index (κ2) is 11.5. The van der Waals surface area contributed by atoms with Crippen LogP contribution in [0.5, 0.6) is 5.75 Å². The number of hydrogen-bond acceptors (Lipinski definition) is 7. The Morgan fingerprint density at radius 3 is 2.51 bits per heavy atom. The average molecular weight is 508 g/mol. The molecule has 198 valence electrons. The molecule has 2 bridgehead atoms. The van der Waals surface area contributed by atoms with E-state index in [2.05, 4.69) is 25.4 Å². The zero-order chi connectivity index (χ0) is 25.8. The minimum Gasteiger partial charge on any atom is -0.496 e. The Bertz CT molecular complexity index is 1090. The zero-order valence-corrected chi connectivity index (χ0v) is 21.7. The lowest BCUT2D eigenvalue weighted by molar-refractivity contribution is 0.0383. The number of benzene rings is 1. The van der Waals surface area contributed by atoms with E-state index in [4.69, 9.17) is 9.47 Å². The monoisotopic (exact) mass is 507 g/mol. The summed E-state index contributed by atoms with van der Waals surface area (Å²) in [5.41, 5.74) is 2.10. The van der Waals surface area contributed by atoms with Gasteiger partial charge in [0.15, 0.2) is 0 Å². The number of methoxy groups -OCH3 is 1. The molecule has 4 heterocycles. The molecule has 2 atom stereocenters. The van der Waals surface area contributed by atoms with Gasteiger partial charge in [-0.05, 0) is 56.9 Å². The molecule has 0 spiro atoms. The Kier molecular flexibility index (Phi) is 7.90. The number of nitrogens with zero attached hydrogens (tertiary/aromatic N) is 3. The van der Waals surface area contributed by atoms with Crippen molar-refractivity contribution in [1.82, 2.24) is 20.5 Å². The van der Waals surface area contributed by atoms with Gasteiger partial charge in [0.05, 0.1) is 25.9 Å². The predicted octanol–water partition coefficient (Wildman–Crippen LogP) is 2.39. The molecule has 3 aliphatic heterocycles. The number of piperidine rings is 1. The van der Waals surface area contributed by atoms with Crippen molar-refractivity contribution in [2.75, 3.05) is 51.4 Å². The Labute approximate surface area is 218 Å². The second-order valence-electron chi connectivity index (χ2n) is 10.2. The first-order chi connectivity index (χ1) is 18.0. The van der Waals surface area contributed by atoms with Crippen molar-refractivity contribution < 1.29 is 19.1 Å². The van der Waals surface area contributed by atoms with Crippen LogP contribution in [0.25, 0.3) is 0 Å². The van der Waals surface area contributed by atoms with Crippen LogP contribution in [-0.4, -0.2) is 86.3 Å². The van der Waals surface area contributed by atoms with E-state index in [-0.39, 0.29) is 17.9 Å². The van der Waals surface area contributed by atoms with Crippen molar-refractivity contribution in [1.29, 1.82) is 0 Å². The standard InChI is InChI=1S/C28H37N5O4/c1-19-24(4-3-5-25(19)36-2)28(35)31-21-16-22-7-8-23(17-21)33(22)26-9-6-20(18-30-26)27(34)29-10-11-32-12-14-37-15-13-32/h3-6,9,18,21-23H,7-8,10-17H2,1-2H3,(H,29,34)(H,31,35). The smallest absolute Gasteiger partial charge is 0.252 e. The summed E-state index contributed by atoms with van der Waals surface area (Å²) < 4.78 is 10.7. The number of nitrogens with one attached hydrogen (secondary N) is 2. The highest BCUT2D eigenvalue weighted by atomic mass is 16.5. The highest BCUT2D eigenvalue weighted by molar-refractivity contribution is 5.96. The van der Waals surface area contributed by atoms with Crippen LogP contribution in [0.1, 0.15) is 52.0 Å². The summed E-state index contributed by atoms with van der Waals surface area (Å²) in [5, 5.41) is 6.26. The number of pyridine rings is 1. The van der Waals surface area contributed by atoms with Gasteiger partial charge in [-0.15, -0.1) is 0 Å². The Balaban J connectivity index is 1.15. The van der Waals surface area contributed by atoms with Gasteiger partial charge in [0.2, 0.25) is 0 Å². The fraction of sp³-hybridized carbons (Fsp3) is 0.536. The van der Waals surface area contributed by atoms with Gasteiger partial charge >= 0.3 is 0 Å². The molecule has 0 saturated carbocycles. The van der Waals surface area contributed by atoms with Gasteiger partial charge in [-0.1, -0.05) is 6.07 Å². The van der Waals surface area contributed by atoms with Crippen molar-refractivity contribution in [3.05, 3.63) is 53.2 Å². The van der Waals surface area contributed by atoms with Crippen molar-refractivity contribution in [3.63, 3.8) is 0 Å². The maximum absolute atomic E-state index is 13.0. The first-order valence-corrected chi connectivity index (χ1v) is 13.3. The summed E-state index contributed by atoms with van der Waals surface area (Å²) in [4.78, 5) is 34.9. The normalized spacial score (nSPS) is 23.5. The summed E-state index contributed by atoms with van der Waals surface area (Å²) in [6.45, 7) is 6.69. The van der Waals surface area contributed by atoms with Crippen LogP contribution in [0.3, 0.4) is 0 Å². The van der Waals surface area contributed by atoms with Crippen LogP contribution >= 0.6 is 0 Å². The number of rotatable bonds is 8. The lowest BCUT2D eigenvalue weighted by Crippen LogP contribution is -2.50. The van der Waals surface area contributed by atoms with E-state index in [1.165, 1.54) is 0 Å². The Hall–Kier alpha value is -3.17. The molecule has 2 N–H and O–H groups in total. The molecule has 1 aromatic carbocycles.